The Morgan fingerprint density at radius 3 is 2.82 bits per heavy atom. The zero-order valence-corrected chi connectivity index (χ0v) is 13.8. The van der Waals surface area contributed by atoms with Crippen LogP contribution in [0.25, 0.3) is 0 Å². The smallest absolute Gasteiger partial charge is 0.315 e. The van der Waals surface area contributed by atoms with Crippen LogP contribution in [0.15, 0.2) is 30.3 Å². The van der Waals surface area contributed by atoms with Crippen molar-refractivity contribution in [2.45, 2.75) is 39.2 Å². The van der Waals surface area contributed by atoms with Gasteiger partial charge in [-0.25, -0.2) is 0 Å². The van der Waals surface area contributed by atoms with Crippen LogP contribution in [0.5, 0.6) is 0 Å². The molecule has 4 atom stereocenters. The Labute approximate surface area is 133 Å². The monoisotopic (exact) mass is 302 g/mol. The van der Waals surface area contributed by atoms with Gasteiger partial charge in [-0.3, -0.25) is 4.79 Å². The number of carbonyl (C=O) groups excluding carboxylic acids is 1. The molecule has 2 saturated heterocycles. The van der Waals surface area contributed by atoms with Gasteiger partial charge in [-0.1, -0.05) is 43.7 Å². The Morgan fingerprint density at radius 2 is 2.09 bits per heavy atom. The van der Waals surface area contributed by atoms with Crippen molar-refractivity contribution in [2.24, 2.45) is 11.8 Å². The largest absolute Gasteiger partial charge is 0.465 e. The first-order chi connectivity index (χ1) is 10.7. The van der Waals surface area contributed by atoms with Gasteiger partial charge in [0.05, 0.1) is 26.2 Å². The Bertz CT molecular complexity index is 515. The van der Waals surface area contributed by atoms with Crippen molar-refractivity contribution < 1.29 is 14.0 Å². The van der Waals surface area contributed by atoms with E-state index in [1.54, 1.807) is 0 Å². The summed E-state index contributed by atoms with van der Waals surface area (Å²) in [5.41, 5.74) is 1.39. The number of rotatable bonds is 6. The van der Waals surface area contributed by atoms with E-state index in [9.17, 15) is 4.79 Å². The summed E-state index contributed by atoms with van der Waals surface area (Å²) in [6.07, 6.45) is 3.22. The summed E-state index contributed by atoms with van der Waals surface area (Å²) >= 11 is 0. The number of esters is 1. The van der Waals surface area contributed by atoms with Crippen LogP contribution in [0.1, 0.15) is 44.7 Å². The fourth-order valence-corrected chi connectivity index (χ4v) is 4.36. The second kappa shape index (κ2) is 6.41. The molecule has 2 aliphatic rings. The number of hydrogen-bond acceptors (Lipinski definition) is 2. The van der Waals surface area contributed by atoms with Crippen LogP contribution in [0, 0.1) is 11.8 Å². The number of piperidine rings is 1. The van der Waals surface area contributed by atoms with Crippen LogP contribution in [0.3, 0.4) is 0 Å². The third-order valence-electron chi connectivity index (χ3n) is 5.82. The molecule has 1 aromatic carbocycles. The topological polar surface area (TPSA) is 26.3 Å². The molecular formula is C19H28NO2+. The molecule has 3 rings (SSSR count). The fraction of sp³-hybridized carbons (Fsp3) is 0.632. The van der Waals surface area contributed by atoms with E-state index < -0.39 is 0 Å². The molecule has 0 aromatic heterocycles. The molecule has 22 heavy (non-hydrogen) atoms. The van der Waals surface area contributed by atoms with Gasteiger partial charge in [-0.2, -0.15) is 0 Å². The lowest BCUT2D eigenvalue weighted by Gasteiger charge is -2.39. The Balaban J connectivity index is 1.68. The maximum atomic E-state index is 12.4. The first-order valence-corrected chi connectivity index (χ1v) is 8.73. The lowest BCUT2D eigenvalue weighted by Crippen LogP contribution is -2.48. The molecule has 2 bridgehead atoms. The summed E-state index contributed by atoms with van der Waals surface area (Å²) in [7, 11) is 0. The summed E-state index contributed by atoms with van der Waals surface area (Å²) in [5, 5.41) is 0. The zero-order valence-electron chi connectivity index (χ0n) is 13.8. The third kappa shape index (κ3) is 2.79. The average molecular weight is 302 g/mol. The quantitative estimate of drug-likeness (QED) is 0.456. The maximum Gasteiger partial charge on any atom is 0.315 e. The van der Waals surface area contributed by atoms with Gasteiger partial charge in [-0.15, -0.1) is 0 Å². The number of unbranched alkanes of at least 4 members (excludes halogenated alkanes) is 1. The van der Waals surface area contributed by atoms with E-state index >= 15 is 0 Å². The molecule has 120 valence electrons. The summed E-state index contributed by atoms with van der Waals surface area (Å²) in [6.45, 7) is 8.35. The summed E-state index contributed by atoms with van der Waals surface area (Å²) in [5.74, 6) is 0.704. The first-order valence-electron chi connectivity index (χ1n) is 8.73. The van der Waals surface area contributed by atoms with E-state index in [2.05, 4.69) is 44.2 Å². The van der Waals surface area contributed by atoms with Crippen LogP contribution in [-0.2, 0) is 9.53 Å². The standard InChI is InChI=1S/C19H28NO2/c1-3-4-12-22-19(21)18-14-20(11-10-17(18)13-20)15(2)16-8-6-5-7-9-16/h5-9,15,17-18H,3-4,10-14H2,1-2H3/q+1/t15-,17+,18-,20+/m1/s1. The van der Waals surface area contributed by atoms with Gasteiger partial charge in [-0.05, 0) is 13.3 Å². The number of nitrogens with zero attached hydrogens (tertiary/aromatic N) is 1. The van der Waals surface area contributed by atoms with Crippen LogP contribution in [0.4, 0.5) is 0 Å². The van der Waals surface area contributed by atoms with Crippen molar-refractivity contribution in [2.75, 3.05) is 26.2 Å². The molecule has 0 N–H and O–H groups in total. The van der Waals surface area contributed by atoms with Crippen LogP contribution < -0.4 is 0 Å². The van der Waals surface area contributed by atoms with Gasteiger partial charge in [0, 0.05) is 17.9 Å². The number of hydrogen-bond donors (Lipinski definition) is 0. The predicted octanol–water partition coefficient (Wildman–Crippen LogP) is 3.56. The molecule has 1 aromatic rings. The van der Waals surface area contributed by atoms with Crippen LogP contribution >= 0.6 is 0 Å². The summed E-state index contributed by atoms with van der Waals surface area (Å²) in [4.78, 5) is 12.4. The molecule has 2 fully saturated rings. The highest BCUT2D eigenvalue weighted by Crippen LogP contribution is 2.46. The molecule has 2 heterocycles. The van der Waals surface area contributed by atoms with Crippen molar-refractivity contribution in [1.29, 1.82) is 0 Å². The van der Waals surface area contributed by atoms with Gasteiger partial charge < -0.3 is 9.22 Å². The normalized spacial score (nSPS) is 31.2. The molecular weight excluding hydrogens is 274 g/mol. The van der Waals surface area contributed by atoms with Crippen molar-refractivity contribution >= 4 is 5.97 Å². The minimum Gasteiger partial charge on any atom is -0.465 e. The molecule has 0 saturated carbocycles. The molecule has 3 heteroatoms. The van der Waals surface area contributed by atoms with E-state index in [1.807, 2.05) is 0 Å². The van der Waals surface area contributed by atoms with Gasteiger partial charge in [0.2, 0.25) is 0 Å². The summed E-state index contributed by atoms with van der Waals surface area (Å²) < 4.78 is 6.57. The zero-order chi connectivity index (χ0) is 15.6. The van der Waals surface area contributed by atoms with Crippen LogP contribution in [0.2, 0.25) is 0 Å². The predicted molar refractivity (Wildman–Crippen MR) is 87.2 cm³/mol. The SMILES string of the molecule is CCCCOC(=O)[C@@H]1C[N@+]2([C@H](C)c3ccccc3)CC[C@H]1C2. The van der Waals surface area contributed by atoms with Crippen molar-refractivity contribution in [3.8, 4) is 0 Å². The molecule has 0 radical (unpaired) electrons. The Morgan fingerprint density at radius 1 is 1.32 bits per heavy atom. The first kappa shape index (κ1) is 15.5. The van der Waals surface area contributed by atoms with Crippen molar-refractivity contribution in [3.05, 3.63) is 35.9 Å². The van der Waals surface area contributed by atoms with E-state index in [0.29, 0.717) is 18.6 Å². The van der Waals surface area contributed by atoms with E-state index in [-0.39, 0.29) is 11.9 Å². The lowest BCUT2D eigenvalue weighted by molar-refractivity contribution is -0.938. The number of quaternary nitrogens is 1. The minimum atomic E-state index is 0.0541. The maximum absolute atomic E-state index is 12.4. The second-order valence-corrected chi connectivity index (χ2v) is 7.07. The van der Waals surface area contributed by atoms with Gasteiger partial charge in [0.15, 0.2) is 0 Å². The van der Waals surface area contributed by atoms with Crippen molar-refractivity contribution in [1.82, 2.24) is 0 Å². The lowest BCUT2D eigenvalue weighted by atomic mass is 9.92. The van der Waals surface area contributed by atoms with Gasteiger partial charge in [0.1, 0.15) is 12.0 Å². The molecule has 0 spiro atoms. The summed E-state index contributed by atoms with van der Waals surface area (Å²) in [6, 6.07) is 11.2. The molecule has 0 unspecified atom stereocenters. The highest BCUT2D eigenvalue weighted by Gasteiger charge is 2.56. The van der Waals surface area contributed by atoms with E-state index in [1.165, 1.54) is 18.5 Å². The van der Waals surface area contributed by atoms with E-state index in [4.69, 9.17) is 4.74 Å². The molecule has 3 nitrogen and oxygen atoms in total. The Kier molecular flexibility index (Phi) is 4.53. The van der Waals surface area contributed by atoms with Crippen molar-refractivity contribution in [3.63, 3.8) is 0 Å². The van der Waals surface area contributed by atoms with Gasteiger partial charge >= 0.3 is 5.97 Å². The van der Waals surface area contributed by atoms with Gasteiger partial charge in [0.25, 0.3) is 0 Å². The number of fused-ring (bicyclic) bond motifs is 2. The number of benzene rings is 1. The fourth-order valence-electron chi connectivity index (χ4n) is 4.36. The minimum absolute atomic E-state index is 0.0541. The molecule has 0 aliphatic carbocycles. The Hall–Kier alpha value is -1.35. The number of ether oxygens (including phenoxy) is 1. The van der Waals surface area contributed by atoms with Crippen LogP contribution in [-0.4, -0.2) is 36.7 Å². The highest BCUT2D eigenvalue weighted by atomic mass is 16.5. The third-order valence-corrected chi connectivity index (χ3v) is 5.82. The highest BCUT2D eigenvalue weighted by molar-refractivity contribution is 5.73. The second-order valence-electron chi connectivity index (χ2n) is 7.07. The molecule has 0 amide bonds. The molecule has 2 aliphatic heterocycles. The number of carbonyl (C=O) groups is 1. The average Bonchev–Trinajstić information content (AvgIpc) is 3.15. The van der Waals surface area contributed by atoms with E-state index in [0.717, 1.165) is 30.4 Å².